The number of likely N-dealkylation sites (N-methyl/N-ethyl adjacent to an activating group) is 1. The number of aliphatic imine (C=N–C) groups is 1. The third-order valence-electron chi connectivity index (χ3n) is 6.11. The number of nitrogens with zero attached hydrogens (tertiary/aromatic N) is 4. The van der Waals surface area contributed by atoms with Crippen LogP contribution in [0.4, 0.5) is 0 Å². The smallest absolute Gasteiger partial charge is 0.239 e. The number of nitrogens with one attached hydrogen (secondary N) is 2. The van der Waals surface area contributed by atoms with Crippen LogP contribution in [0.5, 0.6) is 0 Å². The van der Waals surface area contributed by atoms with Gasteiger partial charge in [-0.1, -0.05) is 13.8 Å². The first-order chi connectivity index (χ1) is 14.9. The summed E-state index contributed by atoms with van der Waals surface area (Å²) in [6.07, 6.45) is 4.24. The second-order valence-corrected chi connectivity index (χ2v) is 9.36. The van der Waals surface area contributed by atoms with Crippen LogP contribution in [0.2, 0.25) is 0 Å². The van der Waals surface area contributed by atoms with Crippen LogP contribution in [0.25, 0.3) is 0 Å². The summed E-state index contributed by atoms with van der Waals surface area (Å²) in [4.78, 5) is 23.9. The van der Waals surface area contributed by atoms with Gasteiger partial charge >= 0.3 is 0 Å². The van der Waals surface area contributed by atoms with Crippen LogP contribution >= 0.6 is 0 Å². The van der Waals surface area contributed by atoms with Crippen LogP contribution in [-0.2, 0) is 9.53 Å². The quantitative estimate of drug-likeness (QED) is 0.287. The molecule has 1 amide bonds. The van der Waals surface area contributed by atoms with E-state index >= 15 is 0 Å². The molecule has 8 heteroatoms. The van der Waals surface area contributed by atoms with E-state index in [-0.39, 0.29) is 11.9 Å². The molecule has 2 aliphatic heterocycles. The molecule has 2 rings (SSSR count). The zero-order valence-corrected chi connectivity index (χ0v) is 20.5. The number of hydrogen-bond donors (Lipinski definition) is 2. The maximum Gasteiger partial charge on any atom is 0.239 e. The molecule has 2 aliphatic rings. The standard InChI is InChI=1S/C23H46N6O2/c1-6-24-23(26-18-20(17-19(2)3)28-13-15-31-16-14-28)25-10-8-12-29-11-7-9-21(29)22(30)27(4)5/h19-21H,6-18H2,1-5H3,(H2,24,25,26). The lowest BCUT2D eigenvalue weighted by Gasteiger charge is -2.34. The zero-order valence-electron chi connectivity index (χ0n) is 20.5. The highest BCUT2D eigenvalue weighted by Gasteiger charge is 2.31. The molecule has 2 heterocycles. The van der Waals surface area contributed by atoms with Gasteiger partial charge in [0.05, 0.1) is 25.8 Å². The molecule has 0 saturated carbocycles. The van der Waals surface area contributed by atoms with Gasteiger partial charge in [-0.2, -0.15) is 0 Å². The maximum absolute atomic E-state index is 12.4. The van der Waals surface area contributed by atoms with Crippen molar-refractivity contribution >= 4 is 11.9 Å². The highest BCUT2D eigenvalue weighted by molar-refractivity contribution is 5.81. The molecule has 2 saturated heterocycles. The van der Waals surface area contributed by atoms with E-state index in [1.165, 1.54) is 0 Å². The van der Waals surface area contributed by atoms with Crippen molar-refractivity contribution in [1.82, 2.24) is 25.3 Å². The summed E-state index contributed by atoms with van der Waals surface area (Å²) < 4.78 is 5.53. The SMILES string of the molecule is CCNC(=NCC(CC(C)C)N1CCOCC1)NCCCN1CCCC1C(=O)N(C)C. The largest absolute Gasteiger partial charge is 0.379 e. The number of hydrogen-bond acceptors (Lipinski definition) is 5. The van der Waals surface area contributed by atoms with Gasteiger partial charge in [-0.3, -0.25) is 19.6 Å². The lowest BCUT2D eigenvalue weighted by atomic mass is 10.0. The van der Waals surface area contributed by atoms with E-state index in [4.69, 9.17) is 9.73 Å². The van der Waals surface area contributed by atoms with Crippen LogP contribution in [-0.4, -0.2) is 112 Å². The molecule has 0 bridgehead atoms. The number of carbonyl (C=O) groups is 1. The zero-order chi connectivity index (χ0) is 22.6. The van der Waals surface area contributed by atoms with Crippen LogP contribution in [0.3, 0.4) is 0 Å². The lowest BCUT2D eigenvalue weighted by molar-refractivity contribution is -0.133. The topological polar surface area (TPSA) is 72.4 Å². The number of carbonyl (C=O) groups excluding carboxylic acids is 1. The first-order valence-electron chi connectivity index (χ1n) is 12.2. The molecule has 8 nitrogen and oxygen atoms in total. The van der Waals surface area contributed by atoms with Crippen molar-refractivity contribution in [1.29, 1.82) is 0 Å². The molecule has 0 radical (unpaired) electrons. The summed E-state index contributed by atoms with van der Waals surface area (Å²) >= 11 is 0. The van der Waals surface area contributed by atoms with Gasteiger partial charge in [0, 0.05) is 52.9 Å². The molecule has 0 spiro atoms. The molecular weight excluding hydrogens is 392 g/mol. The summed E-state index contributed by atoms with van der Waals surface area (Å²) in [6, 6.07) is 0.518. The molecule has 2 fully saturated rings. The molecule has 2 unspecified atom stereocenters. The van der Waals surface area contributed by atoms with E-state index in [1.807, 2.05) is 14.1 Å². The predicted molar refractivity (Wildman–Crippen MR) is 128 cm³/mol. The van der Waals surface area contributed by atoms with Crippen molar-refractivity contribution in [2.75, 3.05) is 73.1 Å². The Bertz CT molecular complexity index is 548. The van der Waals surface area contributed by atoms with Crippen LogP contribution in [0.1, 0.15) is 46.5 Å². The molecule has 31 heavy (non-hydrogen) atoms. The molecular formula is C23H46N6O2. The van der Waals surface area contributed by atoms with E-state index in [0.717, 1.165) is 90.7 Å². The fraction of sp³-hybridized carbons (Fsp3) is 0.913. The van der Waals surface area contributed by atoms with Gasteiger partial charge in [0.1, 0.15) is 0 Å². The van der Waals surface area contributed by atoms with Gasteiger partial charge in [0.15, 0.2) is 5.96 Å². The van der Waals surface area contributed by atoms with Crippen LogP contribution < -0.4 is 10.6 Å². The average Bonchev–Trinajstić information content (AvgIpc) is 3.22. The second-order valence-electron chi connectivity index (χ2n) is 9.36. The summed E-state index contributed by atoms with van der Waals surface area (Å²) in [5.41, 5.74) is 0. The van der Waals surface area contributed by atoms with Crippen molar-refractivity contribution in [3.05, 3.63) is 0 Å². The number of ether oxygens (including phenoxy) is 1. The Labute approximate surface area is 189 Å². The van der Waals surface area contributed by atoms with E-state index in [0.29, 0.717) is 12.0 Å². The number of amides is 1. The molecule has 0 aromatic rings. The third-order valence-corrected chi connectivity index (χ3v) is 6.11. The molecule has 0 aliphatic carbocycles. The minimum absolute atomic E-state index is 0.0576. The van der Waals surface area contributed by atoms with Crippen molar-refractivity contribution < 1.29 is 9.53 Å². The van der Waals surface area contributed by atoms with Gasteiger partial charge in [-0.25, -0.2) is 0 Å². The second kappa shape index (κ2) is 13.9. The number of guanidine groups is 1. The minimum atomic E-state index is 0.0576. The Kier molecular flexibility index (Phi) is 11.6. The van der Waals surface area contributed by atoms with E-state index in [2.05, 4.69) is 41.2 Å². The van der Waals surface area contributed by atoms with E-state index < -0.39 is 0 Å². The van der Waals surface area contributed by atoms with Gasteiger partial charge in [-0.05, 0) is 45.1 Å². The van der Waals surface area contributed by atoms with Crippen molar-refractivity contribution in [3.63, 3.8) is 0 Å². The van der Waals surface area contributed by atoms with Gasteiger partial charge in [0.25, 0.3) is 0 Å². The first kappa shape index (κ1) is 25.9. The highest BCUT2D eigenvalue weighted by atomic mass is 16.5. The van der Waals surface area contributed by atoms with Gasteiger partial charge in [0.2, 0.25) is 5.91 Å². The molecule has 2 N–H and O–H groups in total. The summed E-state index contributed by atoms with van der Waals surface area (Å²) in [5.74, 6) is 1.78. The van der Waals surface area contributed by atoms with Crippen molar-refractivity contribution in [2.24, 2.45) is 10.9 Å². The summed E-state index contributed by atoms with van der Waals surface area (Å²) in [5, 5.41) is 6.88. The highest BCUT2D eigenvalue weighted by Crippen LogP contribution is 2.18. The monoisotopic (exact) mass is 438 g/mol. The minimum Gasteiger partial charge on any atom is -0.379 e. The normalized spacial score (nSPS) is 22.0. The third kappa shape index (κ3) is 8.94. The number of likely N-dealkylation sites (tertiary alicyclic amines) is 1. The Morgan fingerprint density at radius 3 is 2.58 bits per heavy atom. The molecule has 180 valence electrons. The van der Waals surface area contributed by atoms with Gasteiger partial charge in [-0.15, -0.1) is 0 Å². The Morgan fingerprint density at radius 2 is 1.94 bits per heavy atom. The molecule has 0 aromatic heterocycles. The number of rotatable bonds is 11. The first-order valence-corrected chi connectivity index (χ1v) is 12.2. The molecule has 2 atom stereocenters. The van der Waals surface area contributed by atoms with E-state index in [1.54, 1.807) is 4.90 Å². The van der Waals surface area contributed by atoms with Crippen molar-refractivity contribution in [3.8, 4) is 0 Å². The Morgan fingerprint density at radius 1 is 1.19 bits per heavy atom. The van der Waals surface area contributed by atoms with Gasteiger partial charge < -0.3 is 20.3 Å². The molecule has 0 aromatic carbocycles. The Balaban J connectivity index is 1.82. The summed E-state index contributed by atoms with van der Waals surface area (Å²) in [6.45, 7) is 14.8. The lowest BCUT2D eigenvalue weighted by Crippen LogP contribution is -2.46. The predicted octanol–water partition coefficient (Wildman–Crippen LogP) is 1.23. The fourth-order valence-electron chi connectivity index (χ4n) is 4.52. The Hall–Kier alpha value is -1.38. The average molecular weight is 439 g/mol. The van der Waals surface area contributed by atoms with Crippen LogP contribution in [0, 0.1) is 5.92 Å². The van der Waals surface area contributed by atoms with Crippen LogP contribution in [0.15, 0.2) is 4.99 Å². The van der Waals surface area contributed by atoms with E-state index in [9.17, 15) is 4.79 Å². The van der Waals surface area contributed by atoms with Crippen molar-refractivity contribution in [2.45, 2.75) is 58.5 Å². The fourth-order valence-corrected chi connectivity index (χ4v) is 4.52. The maximum atomic E-state index is 12.4. The number of morpholine rings is 1. The summed E-state index contributed by atoms with van der Waals surface area (Å²) in [7, 11) is 3.70.